The molecule has 2 aliphatic heterocycles. The first-order valence-corrected chi connectivity index (χ1v) is 7.27. The number of likely N-dealkylation sites (tertiary alicyclic amines) is 2. The number of aryl methyl sites for hydroxylation is 1. The first kappa shape index (κ1) is 12.5. The van der Waals surface area contributed by atoms with Gasteiger partial charge in [0.25, 0.3) is 0 Å². The molecule has 0 unspecified atom stereocenters. The molecule has 2 saturated heterocycles. The van der Waals surface area contributed by atoms with Crippen LogP contribution in [0.3, 0.4) is 0 Å². The third-order valence-electron chi connectivity index (χ3n) is 4.16. The van der Waals surface area contributed by atoms with Gasteiger partial charge in [-0.3, -0.25) is 14.9 Å². The van der Waals surface area contributed by atoms with Crippen LogP contribution in [0.15, 0.2) is 0 Å². The number of hydrogen-bond donors (Lipinski definition) is 1. The van der Waals surface area contributed by atoms with Gasteiger partial charge in [0.2, 0.25) is 0 Å². The molecule has 0 atom stereocenters. The summed E-state index contributed by atoms with van der Waals surface area (Å²) in [7, 11) is 0. The average molecular weight is 269 g/mol. The summed E-state index contributed by atoms with van der Waals surface area (Å²) in [5, 5.41) is 8.01. The molecule has 2 aliphatic rings. The van der Waals surface area contributed by atoms with Gasteiger partial charge in [-0.1, -0.05) is 18.0 Å². The molecule has 1 aromatic heterocycles. The maximum Gasteiger partial charge on any atom is 0.0951 e. The third kappa shape index (κ3) is 2.42. The number of piperidine rings is 1. The number of rotatable bonds is 3. The van der Waals surface area contributed by atoms with Crippen molar-refractivity contribution in [1.82, 2.24) is 20.0 Å². The van der Waals surface area contributed by atoms with E-state index in [-0.39, 0.29) is 0 Å². The summed E-state index contributed by atoms with van der Waals surface area (Å²) in [4.78, 5) is 5.08. The standard InChI is InChI=1S/C13H21ClN4/c1-10-13(14)12(16-15-10)9-17-7-11(8-17)18-5-3-2-4-6-18/h11H,2-9H2,1H3,(H,15,16). The number of aromatic amines is 1. The molecule has 0 bridgehead atoms. The Balaban J connectivity index is 1.49. The first-order valence-electron chi connectivity index (χ1n) is 6.90. The molecule has 3 rings (SSSR count). The Bertz CT molecular complexity index is 405. The molecule has 18 heavy (non-hydrogen) atoms. The zero-order valence-electron chi connectivity index (χ0n) is 11.0. The van der Waals surface area contributed by atoms with Gasteiger partial charge < -0.3 is 0 Å². The van der Waals surface area contributed by atoms with E-state index < -0.39 is 0 Å². The summed E-state index contributed by atoms with van der Waals surface area (Å²) < 4.78 is 0. The molecular formula is C13H21ClN4. The van der Waals surface area contributed by atoms with Crippen LogP contribution in [0.2, 0.25) is 5.02 Å². The maximum absolute atomic E-state index is 6.19. The SMILES string of the molecule is Cc1[nH]nc(CN2CC(N3CCCCC3)C2)c1Cl. The zero-order valence-corrected chi connectivity index (χ0v) is 11.7. The highest BCUT2D eigenvalue weighted by atomic mass is 35.5. The molecule has 0 radical (unpaired) electrons. The molecule has 0 aromatic carbocycles. The van der Waals surface area contributed by atoms with Crippen molar-refractivity contribution in [3.63, 3.8) is 0 Å². The molecule has 3 heterocycles. The monoisotopic (exact) mass is 268 g/mol. The van der Waals surface area contributed by atoms with Crippen molar-refractivity contribution in [2.45, 2.75) is 38.8 Å². The molecule has 100 valence electrons. The Morgan fingerprint density at radius 2 is 2.00 bits per heavy atom. The summed E-state index contributed by atoms with van der Waals surface area (Å²) in [6.45, 7) is 7.77. The Kier molecular flexibility index (Phi) is 3.59. The minimum Gasteiger partial charge on any atom is -0.298 e. The number of nitrogens with zero attached hydrogens (tertiary/aromatic N) is 3. The minimum atomic E-state index is 0.768. The van der Waals surface area contributed by atoms with Crippen LogP contribution in [0.4, 0.5) is 0 Å². The van der Waals surface area contributed by atoms with Crippen LogP contribution in [-0.2, 0) is 6.54 Å². The van der Waals surface area contributed by atoms with Crippen LogP contribution in [-0.4, -0.2) is 52.2 Å². The lowest BCUT2D eigenvalue weighted by molar-refractivity contribution is 0.0179. The first-order chi connectivity index (χ1) is 8.74. The summed E-state index contributed by atoms with van der Waals surface area (Å²) in [6.07, 6.45) is 4.16. The molecule has 0 aliphatic carbocycles. The maximum atomic E-state index is 6.19. The number of hydrogen-bond acceptors (Lipinski definition) is 3. The second-order valence-electron chi connectivity index (χ2n) is 5.55. The third-order valence-corrected chi connectivity index (χ3v) is 4.66. The number of halogens is 1. The lowest BCUT2D eigenvalue weighted by Crippen LogP contribution is -2.59. The van der Waals surface area contributed by atoms with E-state index in [1.807, 2.05) is 6.92 Å². The van der Waals surface area contributed by atoms with E-state index in [1.54, 1.807) is 0 Å². The van der Waals surface area contributed by atoms with Crippen LogP contribution in [0.5, 0.6) is 0 Å². The minimum absolute atomic E-state index is 0.768. The predicted molar refractivity (Wildman–Crippen MR) is 72.8 cm³/mol. The largest absolute Gasteiger partial charge is 0.298 e. The molecule has 1 aromatic rings. The van der Waals surface area contributed by atoms with Crippen molar-refractivity contribution in [2.24, 2.45) is 0 Å². The van der Waals surface area contributed by atoms with Crippen molar-refractivity contribution in [3.05, 3.63) is 16.4 Å². The highest BCUT2D eigenvalue weighted by Gasteiger charge is 2.32. The van der Waals surface area contributed by atoms with E-state index in [4.69, 9.17) is 11.6 Å². The van der Waals surface area contributed by atoms with Crippen LogP contribution < -0.4 is 0 Å². The lowest BCUT2D eigenvalue weighted by Gasteiger charge is -2.46. The highest BCUT2D eigenvalue weighted by Crippen LogP contribution is 2.24. The van der Waals surface area contributed by atoms with Gasteiger partial charge in [0, 0.05) is 25.7 Å². The van der Waals surface area contributed by atoms with Gasteiger partial charge in [0.15, 0.2) is 0 Å². The topological polar surface area (TPSA) is 35.2 Å². The second kappa shape index (κ2) is 5.19. The molecule has 1 N–H and O–H groups in total. The highest BCUT2D eigenvalue weighted by molar-refractivity contribution is 6.31. The molecule has 2 fully saturated rings. The van der Waals surface area contributed by atoms with Gasteiger partial charge in [-0.15, -0.1) is 0 Å². The van der Waals surface area contributed by atoms with Crippen LogP contribution in [0.1, 0.15) is 30.7 Å². The van der Waals surface area contributed by atoms with Crippen LogP contribution >= 0.6 is 11.6 Å². The van der Waals surface area contributed by atoms with Gasteiger partial charge in [-0.05, 0) is 32.9 Å². The molecular weight excluding hydrogens is 248 g/mol. The summed E-state index contributed by atoms with van der Waals surface area (Å²) in [5.74, 6) is 0. The van der Waals surface area contributed by atoms with E-state index in [0.29, 0.717) is 0 Å². The normalized spacial score (nSPS) is 23.2. The van der Waals surface area contributed by atoms with Gasteiger partial charge in [0.05, 0.1) is 16.4 Å². The van der Waals surface area contributed by atoms with Gasteiger partial charge >= 0.3 is 0 Å². The van der Waals surface area contributed by atoms with E-state index in [9.17, 15) is 0 Å². The Hall–Kier alpha value is -0.580. The van der Waals surface area contributed by atoms with Crippen LogP contribution in [0.25, 0.3) is 0 Å². The van der Waals surface area contributed by atoms with Crippen molar-refractivity contribution in [1.29, 1.82) is 0 Å². The molecule has 0 saturated carbocycles. The fourth-order valence-electron chi connectivity index (χ4n) is 2.97. The average Bonchev–Trinajstić information content (AvgIpc) is 2.66. The second-order valence-corrected chi connectivity index (χ2v) is 5.93. The Labute approximate surface area is 113 Å². The molecule has 0 amide bonds. The zero-order chi connectivity index (χ0) is 12.5. The van der Waals surface area contributed by atoms with Crippen molar-refractivity contribution in [2.75, 3.05) is 26.2 Å². The number of H-pyrrole nitrogens is 1. The van der Waals surface area contributed by atoms with Gasteiger partial charge in [0.1, 0.15) is 0 Å². The summed E-state index contributed by atoms with van der Waals surface area (Å²) >= 11 is 6.19. The van der Waals surface area contributed by atoms with E-state index >= 15 is 0 Å². The Morgan fingerprint density at radius 3 is 2.61 bits per heavy atom. The fourth-order valence-corrected chi connectivity index (χ4v) is 3.11. The molecule has 0 spiro atoms. The van der Waals surface area contributed by atoms with Crippen molar-refractivity contribution in [3.8, 4) is 0 Å². The van der Waals surface area contributed by atoms with E-state index in [0.717, 1.165) is 29.0 Å². The smallest absolute Gasteiger partial charge is 0.0951 e. The number of aromatic nitrogens is 2. The van der Waals surface area contributed by atoms with Crippen molar-refractivity contribution >= 4 is 11.6 Å². The molecule has 5 heteroatoms. The molecule has 4 nitrogen and oxygen atoms in total. The summed E-state index contributed by atoms with van der Waals surface area (Å²) in [5.41, 5.74) is 1.96. The lowest BCUT2D eigenvalue weighted by atomic mass is 10.0. The van der Waals surface area contributed by atoms with E-state index in [1.165, 1.54) is 45.4 Å². The Morgan fingerprint density at radius 1 is 1.28 bits per heavy atom. The summed E-state index contributed by atoms with van der Waals surface area (Å²) in [6, 6.07) is 0.768. The number of nitrogens with one attached hydrogen (secondary N) is 1. The predicted octanol–water partition coefficient (Wildman–Crippen LogP) is 2.04. The fraction of sp³-hybridized carbons (Fsp3) is 0.769. The van der Waals surface area contributed by atoms with Gasteiger partial charge in [-0.25, -0.2) is 0 Å². The van der Waals surface area contributed by atoms with Crippen molar-refractivity contribution < 1.29 is 0 Å². The van der Waals surface area contributed by atoms with E-state index in [2.05, 4.69) is 20.0 Å². The van der Waals surface area contributed by atoms with Crippen LogP contribution in [0, 0.1) is 6.92 Å². The van der Waals surface area contributed by atoms with Gasteiger partial charge in [-0.2, -0.15) is 5.10 Å². The quantitative estimate of drug-likeness (QED) is 0.911.